The lowest BCUT2D eigenvalue weighted by Crippen LogP contribution is -2.54. The van der Waals surface area contributed by atoms with Gasteiger partial charge in [0.05, 0.1) is 17.4 Å². The van der Waals surface area contributed by atoms with Crippen LogP contribution in [0.25, 0.3) is 0 Å². The van der Waals surface area contributed by atoms with E-state index in [4.69, 9.17) is 0 Å². The quantitative estimate of drug-likeness (QED) is 0.857. The first-order valence-electron chi connectivity index (χ1n) is 6.75. The number of amides is 2. The van der Waals surface area contributed by atoms with Gasteiger partial charge in [-0.15, -0.1) is 11.8 Å². The summed E-state index contributed by atoms with van der Waals surface area (Å²) >= 11 is 1.31. The van der Waals surface area contributed by atoms with Crippen LogP contribution in [-0.4, -0.2) is 38.5 Å². The van der Waals surface area contributed by atoms with E-state index in [1.54, 1.807) is 24.3 Å². The molecule has 0 saturated carbocycles. The zero-order valence-electron chi connectivity index (χ0n) is 11.8. The molecule has 1 aromatic carbocycles. The van der Waals surface area contributed by atoms with Crippen LogP contribution >= 0.6 is 11.8 Å². The molecule has 22 heavy (non-hydrogen) atoms. The van der Waals surface area contributed by atoms with Gasteiger partial charge in [-0.05, 0) is 12.1 Å². The molecule has 2 aliphatic rings. The third kappa shape index (κ3) is 2.37. The van der Waals surface area contributed by atoms with E-state index in [9.17, 15) is 19.5 Å². The van der Waals surface area contributed by atoms with E-state index in [0.29, 0.717) is 12.1 Å². The number of carboxylic acids is 1. The number of carbonyl (C=O) groups is 3. The van der Waals surface area contributed by atoms with Gasteiger partial charge >= 0.3 is 5.97 Å². The number of fused-ring (bicyclic) bond motifs is 1. The highest BCUT2D eigenvalue weighted by atomic mass is 32.2. The summed E-state index contributed by atoms with van der Waals surface area (Å²) < 4.78 is 0. The molecule has 1 aromatic rings. The average molecular weight is 318 g/mol. The molecule has 3 rings (SSSR count). The second kappa shape index (κ2) is 5.49. The Morgan fingerprint density at radius 1 is 1.32 bits per heavy atom. The Balaban J connectivity index is 2.01. The Bertz CT molecular complexity index is 673. The molecule has 1 unspecified atom stereocenters. The second-order valence-corrected chi connectivity index (χ2v) is 6.33. The standard InChI is InChI=1S/C15H14N2O4S/c1-9(18)17(10-5-3-2-4-6-10)14-11(15(20)21)8-16-12(19)7-13(16)22-14/h2-6,8,13-14H,7H2,1H3,(H,20,21)/t13-,14?/m1/s1. The molecule has 2 atom stereocenters. The highest BCUT2D eigenvalue weighted by Crippen LogP contribution is 2.42. The fraction of sp³-hybridized carbons (Fsp3) is 0.267. The van der Waals surface area contributed by atoms with Gasteiger partial charge in [0.25, 0.3) is 0 Å². The number of benzene rings is 1. The number of hydrogen-bond acceptors (Lipinski definition) is 4. The highest BCUT2D eigenvalue weighted by Gasteiger charge is 2.45. The molecule has 0 aromatic heterocycles. The number of carbonyl (C=O) groups excluding carboxylic acids is 2. The lowest BCUT2D eigenvalue weighted by Gasteiger charge is -2.45. The SMILES string of the molecule is CC(=O)N(c1ccccc1)C1S[C@@H]2CC(=O)N2C=C1C(=O)O. The zero-order valence-corrected chi connectivity index (χ0v) is 12.6. The minimum atomic E-state index is -1.13. The Kier molecular flexibility index (Phi) is 3.66. The van der Waals surface area contributed by atoms with Crippen molar-refractivity contribution in [2.45, 2.75) is 24.1 Å². The van der Waals surface area contributed by atoms with Gasteiger partial charge in [0.15, 0.2) is 0 Å². The Morgan fingerprint density at radius 3 is 2.55 bits per heavy atom. The van der Waals surface area contributed by atoms with Crippen molar-refractivity contribution in [1.29, 1.82) is 0 Å². The molecule has 114 valence electrons. The van der Waals surface area contributed by atoms with E-state index in [1.165, 1.54) is 34.7 Å². The fourth-order valence-electron chi connectivity index (χ4n) is 2.54. The van der Waals surface area contributed by atoms with E-state index in [-0.39, 0.29) is 22.8 Å². The second-order valence-electron chi connectivity index (χ2n) is 5.06. The molecule has 0 radical (unpaired) electrons. The van der Waals surface area contributed by atoms with Crippen LogP contribution in [0.1, 0.15) is 13.3 Å². The van der Waals surface area contributed by atoms with Crippen LogP contribution in [0.4, 0.5) is 5.69 Å². The van der Waals surface area contributed by atoms with Gasteiger partial charge in [-0.1, -0.05) is 18.2 Å². The summed E-state index contributed by atoms with van der Waals surface area (Å²) in [6.45, 7) is 1.41. The molecule has 6 nitrogen and oxygen atoms in total. The van der Waals surface area contributed by atoms with Gasteiger partial charge in [0.2, 0.25) is 11.8 Å². The van der Waals surface area contributed by atoms with Crippen LogP contribution < -0.4 is 4.90 Å². The molecule has 1 saturated heterocycles. The molecular weight excluding hydrogens is 304 g/mol. The van der Waals surface area contributed by atoms with Crippen molar-refractivity contribution < 1.29 is 19.5 Å². The van der Waals surface area contributed by atoms with Gasteiger partial charge < -0.3 is 10.0 Å². The topological polar surface area (TPSA) is 77.9 Å². The summed E-state index contributed by atoms with van der Waals surface area (Å²) in [7, 11) is 0. The van der Waals surface area contributed by atoms with Gasteiger partial charge in [-0.25, -0.2) is 4.79 Å². The summed E-state index contributed by atoms with van der Waals surface area (Å²) in [6, 6.07) is 8.94. The monoisotopic (exact) mass is 318 g/mol. The van der Waals surface area contributed by atoms with Crippen LogP contribution in [-0.2, 0) is 14.4 Å². The summed E-state index contributed by atoms with van der Waals surface area (Å²) in [6.07, 6.45) is 1.73. The normalized spacial score (nSPS) is 23.2. The van der Waals surface area contributed by atoms with Gasteiger partial charge in [-0.2, -0.15) is 0 Å². The van der Waals surface area contributed by atoms with Crippen LogP contribution in [0.5, 0.6) is 0 Å². The molecule has 0 bridgehead atoms. The molecule has 0 aliphatic carbocycles. The van der Waals surface area contributed by atoms with Gasteiger partial charge in [0.1, 0.15) is 5.37 Å². The fourth-order valence-corrected chi connectivity index (χ4v) is 4.08. The number of carboxylic acid groups (broad SMARTS) is 1. The number of rotatable bonds is 3. The van der Waals surface area contributed by atoms with E-state index in [1.807, 2.05) is 6.07 Å². The number of nitrogens with zero attached hydrogens (tertiary/aromatic N) is 2. The molecule has 1 fully saturated rings. The molecular formula is C15H14N2O4S. The van der Waals surface area contributed by atoms with Crippen molar-refractivity contribution in [3.05, 3.63) is 42.1 Å². The van der Waals surface area contributed by atoms with Crippen molar-refractivity contribution in [2.24, 2.45) is 0 Å². The minimum absolute atomic E-state index is 0.0355. The number of β-lactam (4-membered cyclic amide) rings is 1. The van der Waals surface area contributed by atoms with Crippen LogP contribution in [0.3, 0.4) is 0 Å². The van der Waals surface area contributed by atoms with E-state index in [0.717, 1.165) is 0 Å². The van der Waals surface area contributed by atoms with Crippen molar-refractivity contribution in [3.63, 3.8) is 0 Å². The molecule has 2 amide bonds. The van der Waals surface area contributed by atoms with Crippen molar-refractivity contribution in [3.8, 4) is 0 Å². The molecule has 1 N–H and O–H groups in total. The number of aliphatic carboxylic acids is 1. The van der Waals surface area contributed by atoms with E-state index in [2.05, 4.69) is 0 Å². The zero-order chi connectivity index (χ0) is 15.9. The smallest absolute Gasteiger partial charge is 0.336 e. The van der Waals surface area contributed by atoms with Crippen LogP contribution in [0.2, 0.25) is 0 Å². The number of anilines is 1. The predicted octanol–water partition coefficient (Wildman–Crippen LogP) is 1.64. The average Bonchev–Trinajstić information content (AvgIpc) is 2.47. The third-order valence-corrected chi connectivity index (χ3v) is 5.06. The van der Waals surface area contributed by atoms with Crippen LogP contribution in [0.15, 0.2) is 42.1 Å². The maximum Gasteiger partial charge on any atom is 0.336 e. The molecule has 2 aliphatic heterocycles. The van der Waals surface area contributed by atoms with Crippen molar-refractivity contribution >= 4 is 35.2 Å². The van der Waals surface area contributed by atoms with Gasteiger partial charge in [0, 0.05) is 18.8 Å². The lowest BCUT2D eigenvalue weighted by atomic mass is 10.1. The summed E-state index contributed by atoms with van der Waals surface area (Å²) in [4.78, 5) is 38.0. The number of para-hydroxylation sites is 1. The summed E-state index contributed by atoms with van der Waals surface area (Å²) in [5.41, 5.74) is 0.673. The summed E-state index contributed by atoms with van der Waals surface area (Å²) in [5.74, 6) is -1.46. The molecule has 2 heterocycles. The first-order valence-corrected chi connectivity index (χ1v) is 7.70. The summed E-state index contributed by atoms with van der Waals surface area (Å²) in [5, 5.41) is 8.69. The third-order valence-electron chi connectivity index (χ3n) is 3.63. The number of thioether (sulfide) groups is 1. The highest BCUT2D eigenvalue weighted by molar-refractivity contribution is 8.01. The first kappa shape index (κ1) is 14.6. The number of hydrogen-bond donors (Lipinski definition) is 1. The van der Waals surface area contributed by atoms with Gasteiger partial charge in [-0.3, -0.25) is 14.5 Å². The molecule has 7 heteroatoms. The van der Waals surface area contributed by atoms with Crippen molar-refractivity contribution in [1.82, 2.24) is 4.90 Å². The maximum absolute atomic E-state index is 12.1. The van der Waals surface area contributed by atoms with E-state index >= 15 is 0 Å². The minimum Gasteiger partial charge on any atom is -0.478 e. The Morgan fingerprint density at radius 2 is 2.00 bits per heavy atom. The predicted molar refractivity (Wildman–Crippen MR) is 82.0 cm³/mol. The lowest BCUT2D eigenvalue weighted by molar-refractivity contribution is -0.138. The van der Waals surface area contributed by atoms with Crippen LogP contribution in [0, 0.1) is 0 Å². The first-order chi connectivity index (χ1) is 10.5. The molecule has 0 spiro atoms. The Labute approximate surface area is 131 Å². The van der Waals surface area contributed by atoms with E-state index < -0.39 is 11.3 Å². The van der Waals surface area contributed by atoms with Crippen molar-refractivity contribution in [2.75, 3.05) is 4.90 Å². The maximum atomic E-state index is 12.1. The Hall–Kier alpha value is -2.28. The largest absolute Gasteiger partial charge is 0.478 e.